The van der Waals surface area contributed by atoms with Crippen molar-refractivity contribution >= 4 is 17.6 Å². The quantitative estimate of drug-likeness (QED) is 0.741. The van der Waals surface area contributed by atoms with Gasteiger partial charge in [0.15, 0.2) is 0 Å². The predicted octanol–water partition coefficient (Wildman–Crippen LogP) is 1.21. The minimum absolute atomic E-state index is 1.06. The summed E-state index contributed by atoms with van der Waals surface area (Å²) in [5.74, 6) is 1.11. The number of aromatic nitrogens is 1. The molecule has 3 nitrogen and oxygen atoms in total. The number of anilines is 1. The maximum Gasteiger partial charge on any atom is 0.129 e. The minimum Gasteiger partial charge on any atom is -0.354 e. The zero-order valence-electron chi connectivity index (χ0n) is 8.36. The Labute approximate surface area is 88.9 Å². The molecule has 76 valence electrons. The highest BCUT2D eigenvalue weighted by Gasteiger charge is 2.11. The monoisotopic (exact) mass is 209 g/mol. The Morgan fingerprint density at radius 2 is 2.21 bits per heavy atom. The maximum atomic E-state index is 4.40. The number of hydrogen-bond acceptors (Lipinski definition) is 4. The molecule has 0 bridgehead atoms. The molecule has 2 heterocycles. The van der Waals surface area contributed by atoms with Crippen LogP contribution in [-0.4, -0.2) is 37.4 Å². The molecule has 14 heavy (non-hydrogen) atoms. The molecule has 0 spiro atoms. The summed E-state index contributed by atoms with van der Waals surface area (Å²) in [4.78, 5) is 8.01. The first kappa shape index (κ1) is 9.80. The molecule has 0 aliphatic carbocycles. The van der Waals surface area contributed by atoms with E-state index in [1.54, 1.807) is 11.8 Å². The molecule has 0 saturated carbocycles. The van der Waals surface area contributed by atoms with Crippen LogP contribution in [0.3, 0.4) is 0 Å². The highest BCUT2D eigenvalue weighted by molar-refractivity contribution is 7.98. The zero-order chi connectivity index (χ0) is 9.80. The van der Waals surface area contributed by atoms with Gasteiger partial charge in [-0.15, -0.1) is 11.8 Å². The summed E-state index contributed by atoms with van der Waals surface area (Å²) in [6.45, 7) is 4.24. The van der Waals surface area contributed by atoms with E-state index in [1.165, 1.54) is 4.90 Å². The van der Waals surface area contributed by atoms with Gasteiger partial charge in [-0.3, -0.25) is 0 Å². The molecule has 1 saturated heterocycles. The van der Waals surface area contributed by atoms with E-state index in [1.807, 2.05) is 6.20 Å². The lowest BCUT2D eigenvalue weighted by molar-refractivity contribution is 0.584. The molecule has 0 radical (unpaired) electrons. The third-order valence-corrected chi connectivity index (χ3v) is 3.12. The van der Waals surface area contributed by atoms with Crippen molar-refractivity contribution < 1.29 is 0 Å². The fourth-order valence-electron chi connectivity index (χ4n) is 1.59. The van der Waals surface area contributed by atoms with Gasteiger partial charge in [0.25, 0.3) is 0 Å². The second-order valence-corrected chi connectivity index (χ2v) is 4.17. The number of thioether (sulfide) groups is 1. The molecule has 0 amide bonds. The van der Waals surface area contributed by atoms with E-state index in [2.05, 4.69) is 33.6 Å². The van der Waals surface area contributed by atoms with Crippen molar-refractivity contribution in [2.24, 2.45) is 0 Å². The van der Waals surface area contributed by atoms with E-state index in [4.69, 9.17) is 0 Å². The fourth-order valence-corrected chi connectivity index (χ4v) is 2.01. The van der Waals surface area contributed by atoms with E-state index in [9.17, 15) is 0 Å². The van der Waals surface area contributed by atoms with Gasteiger partial charge in [0.05, 0.1) is 0 Å². The molecule has 0 aromatic carbocycles. The summed E-state index contributed by atoms with van der Waals surface area (Å²) in [7, 11) is 0. The molecule has 1 aliphatic rings. The lowest BCUT2D eigenvalue weighted by atomic mass is 10.3. The molecular formula is C10H15N3S. The van der Waals surface area contributed by atoms with Gasteiger partial charge in [-0.2, -0.15) is 0 Å². The highest BCUT2D eigenvalue weighted by atomic mass is 32.2. The third kappa shape index (κ3) is 2.19. The maximum absolute atomic E-state index is 4.40. The van der Waals surface area contributed by atoms with Gasteiger partial charge < -0.3 is 10.2 Å². The van der Waals surface area contributed by atoms with Crippen LogP contribution in [-0.2, 0) is 0 Å². The number of hydrogen-bond donors (Lipinski definition) is 1. The second-order valence-electron chi connectivity index (χ2n) is 3.29. The first-order chi connectivity index (χ1) is 6.90. The van der Waals surface area contributed by atoms with Crippen molar-refractivity contribution in [2.75, 3.05) is 37.3 Å². The Morgan fingerprint density at radius 1 is 1.43 bits per heavy atom. The molecule has 0 unspecified atom stereocenters. The SMILES string of the molecule is CSc1ccnc(N2CCNCC2)c1. The van der Waals surface area contributed by atoms with Crippen LogP contribution in [0.15, 0.2) is 23.2 Å². The van der Waals surface area contributed by atoms with E-state index >= 15 is 0 Å². The van der Waals surface area contributed by atoms with Crippen molar-refractivity contribution in [3.63, 3.8) is 0 Å². The number of nitrogens with one attached hydrogen (secondary N) is 1. The van der Waals surface area contributed by atoms with Crippen molar-refractivity contribution in [1.82, 2.24) is 10.3 Å². The van der Waals surface area contributed by atoms with Gasteiger partial charge >= 0.3 is 0 Å². The topological polar surface area (TPSA) is 28.2 Å². The largest absolute Gasteiger partial charge is 0.354 e. The van der Waals surface area contributed by atoms with Crippen LogP contribution in [0.2, 0.25) is 0 Å². The number of nitrogens with zero attached hydrogens (tertiary/aromatic N) is 2. The lowest BCUT2D eigenvalue weighted by Crippen LogP contribution is -2.43. The first-order valence-corrected chi connectivity index (χ1v) is 6.08. The number of pyridine rings is 1. The third-order valence-electron chi connectivity index (χ3n) is 2.39. The zero-order valence-corrected chi connectivity index (χ0v) is 9.18. The molecule has 1 aliphatic heterocycles. The van der Waals surface area contributed by atoms with Crippen LogP contribution in [0.5, 0.6) is 0 Å². The van der Waals surface area contributed by atoms with E-state index < -0.39 is 0 Å². The van der Waals surface area contributed by atoms with Crippen LogP contribution >= 0.6 is 11.8 Å². The molecule has 0 atom stereocenters. The van der Waals surface area contributed by atoms with Gasteiger partial charge in [0.2, 0.25) is 0 Å². The van der Waals surface area contributed by atoms with Crippen molar-refractivity contribution in [3.05, 3.63) is 18.3 Å². The molecule has 1 aromatic heterocycles. The first-order valence-electron chi connectivity index (χ1n) is 4.86. The van der Waals surface area contributed by atoms with Crippen molar-refractivity contribution in [3.8, 4) is 0 Å². The van der Waals surface area contributed by atoms with Crippen LogP contribution in [0.1, 0.15) is 0 Å². The number of rotatable bonds is 2. The average Bonchev–Trinajstić information content (AvgIpc) is 2.30. The Kier molecular flexibility index (Phi) is 3.26. The Balaban J connectivity index is 2.13. The normalized spacial score (nSPS) is 17.1. The predicted molar refractivity (Wildman–Crippen MR) is 61.1 cm³/mol. The fraction of sp³-hybridized carbons (Fsp3) is 0.500. The summed E-state index contributed by atoms with van der Waals surface area (Å²) in [5.41, 5.74) is 0. The van der Waals surface area contributed by atoms with Gasteiger partial charge in [-0.1, -0.05) is 0 Å². The van der Waals surface area contributed by atoms with Crippen LogP contribution in [0.4, 0.5) is 5.82 Å². The smallest absolute Gasteiger partial charge is 0.129 e. The van der Waals surface area contributed by atoms with Crippen molar-refractivity contribution in [2.45, 2.75) is 4.90 Å². The van der Waals surface area contributed by atoms with Gasteiger partial charge in [0, 0.05) is 37.3 Å². The Hall–Kier alpha value is -0.740. The van der Waals surface area contributed by atoms with E-state index in [-0.39, 0.29) is 0 Å². The molecule has 1 N–H and O–H groups in total. The van der Waals surface area contributed by atoms with Gasteiger partial charge in [0.1, 0.15) is 5.82 Å². The summed E-state index contributed by atoms with van der Waals surface area (Å²) in [6.07, 6.45) is 3.99. The second kappa shape index (κ2) is 4.66. The van der Waals surface area contributed by atoms with Gasteiger partial charge in [-0.25, -0.2) is 4.98 Å². The average molecular weight is 209 g/mol. The van der Waals surface area contributed by atoms with E-state index in [0.29, 0.717) is 0 Å². The lowest BCUT2D eigenvalue weighted by Gasteiger charge is -2.28. The standard InChI is InChI=1S/C10H15N3S/c1-14-9-2-3-12-10(8-9)13-6-4-11-5-7-13/h2-3,8,11H,4-7H2,1H3. The summed E-state index contributed by atoms with van der Waals surface area (Å²) < 4.78 is 0. The minimum atomic E-state index is 1.06. The van der Waals surface area contributed by atoms with Crippen LogP contribution < -0.4 is 10.2 Å². The van der Waals surface area contributed by atoms with Gasteiger partial charge in [-0.05, 0) is 18.4 Å². The van der Waals surface area contributed by atoms with Crippen molar-refractivity contribution in [1.29, 1.82) is 0 Å². The summed E-state index contributed by atoms with van der Waals surface area (Å²) in [6, 6.07) is 4.21. The van der Waals surface area contributed by atoms with Crippen LogP contribution in [0.25, 0.3) is 0 Å². The molecular weight excluding hydrogens is 194 g/mol. The summed E-state index contributed by atoms with van der Waals surface area (Å²) >= 11 is 1.76. The number of piperazine rings is 1. The van der Waals surface area contributed by atoms with Crippen LogP contribution in [0, 0.1) is 0 Å². The van der Waals surface area contributed by atoms with E-state index in [0.717, 1.165) is 32.0 Å². The summed E-state index contributed by atoms with van der Waals surface area (Å²) in [5, 5.41) is 3.34. The molecule has 1 fully saturated rings. The Morgan fingerprint density at radius 3 is 2.93 bits per heavy atom. The molecule has 2 rings (SSSR count). The highest BCUT2D eigenvalue weighted by Crippen LogP contribution is 2.19. The molecule has 4 heteroatoms. The Bertz CT molecular complexity index is 297. The molecule has 1 aromatic rings.